The second-order valence-corrected chi connectivity index (χ2v) is 4.24. The van der Waals surface area contributed by atoms with Crippen LogP contribution in [-0.4, -0.2) is 17.2 Å². The van der Waals surface area contributed by atoms with Crippen molar-refractivity contribution >= 4 is 16.5 Å². The van der Waals surface area contributed by atoms with Crippen LogP contribution < -0.4 is 10.1 Å². The first kappa shape index (κ1) is 11.4. The SMILES string of the molecule is CNc1nnc(COc2ccc(C#N)cc2)s1. The lowest BCUT2D eigenvalue weighted by molar-refractivity contribution is 0.304. The first-order valence-corrected chi connectivity index (χ1v) is 5.76. The Hall–Kier alpha value is -2.13. The van der Waals surface area contributed by atoms with Gasteiger partial charge >= 0.3 is 0 Å². The number of hydrogen-bond acceptors (Lipinski definition) is 6. The number of nitrogens with zero attached hydrogens (tertiary/aromatic N) is 3. The molecule has 2 aromatic rings. The summed E-state index contributed by atoms with van der Waals surface area (Å²) < 4.78 is 5.52. The molecule has 17 heavy (non-hydrogen) atoms. The molecule has 0 atom stereocenters. The molecule has 0 fully saturated rings. The molecule has 0 bridgehead atoms. The van der Waals surface area contributed by atoms with Crippen molar-refractivity contribution in [3.05, 3.63) is 34.8 Å². The molecule has 1 heterocycles. The number of anilines is 1. The Labute approximate surface area is 103 Å². The van der Waals surface area contributed by atoms with Crippen LogP contribution in [0.4, 0.5) is 5.13 Å². The minimum atomic E-state index is 0.380. The van der Waals surface area contributed by atoms with Gasteiger partial charge in [0.05, 0.1) is 11.6 Å². The fraction of sp³-hybridized carbons (Fsp3) is 0.182. The number of nitrogens with one attached hydrogen (secondary N) is 1. The normalized spacial score (nSPS) is 9.65. The van der Waals surface area contributed by atoms with Crippen molar-refractivity contribution in [3.8, 4) is 11.8 Å². The van der Waals surface area contributed by atoms with E-state index in [2.05, 4.69) is 21.6 Å². The molecule has 2 rings (SSSR count). The molecule has 0 unspecified atom stereocenters. The van der Waals surface area contributed by atoms with Gasteiger partial charge in [-0.1, -0.05) is 11.3 Å². The Bertz CT molecular complexity index is 529. The zero-order chi connectivity index (χ0) is 12.1. The average molecular weight is 246 g/mol. The molecule has 0 aliphatic carbocycles. The largest absolute Gasteiger partial charge is 0.486 e. The summed E-state index contributed by atoms with van der Waals surface area (Å²) in [4.78, 5) is 0. The summed E-state index contributed by atoms with van der Waals surface area (Å²) in [7, 11) is 1.80. The highest BCUT2D eigenvalue weighted by Crippen LogP contribution is 2.17. The Morgan fingerprint density at radius 2 is 2.12 bits per heavy atom. The lowest BCUT2D eigenvalue weighted by Gasteiger charge is -2.02. The number of rotatable bonds is 4. The second kappa shape index (κ2) is 5.27. The molecule has 0 aliphatic rings. The molecule has 1 N–H and O–H groups in total. The molecule has 0 amide bonds. The van der Waals surface area contributed by atoms with Crippen LogP contribution in [0.25, 0.3) is 0 Å². The number of nitriles is 1. The third-order valence-corrected chi connectivity index (χ3v) is 2.94. The fourth-order valence-electron chi connectivity index (χ4n) is 1.18. The molecule has 6 heteroatoms. The van der Waals surface area contributed by atoms with Gasteiger partial charge in [-0.3, -0.25) is 0 Å². The highest BCUT2D eigenvalue weighted by molar-refractivity contribution is 7.15. The van der Waals surface area contributed by atoms with Crippen LogP contribution in [0.2, 0.25) is 0 Å². The standard InChI is InChI=1S/C11H10N4OS/c1-13-11-15-14-10(17-11)7-16-9-4-2-8(6-12)3-5-9/h2-5H,7H2,1H3,(H,13,15). The third-order valence-electron chi connectivity index (χ3n) is 2.03. The lowest BCUT2D eigenvalue weighted by atomic mass is 10.2. The Balaban J connectivity index is 1.95. The van der Waals surface area contributed by atoms with Gasteiger partial charge in [0.15, 0.2) is 5.01 Å². The van der Waals surface area contributed by atoms with Gasteiger partial charge in [0, 0.05) is 7.05 Å². The molecule has 86 valence electrons. The first-order chi connectivity index (χ1) is 8.31. The minimum absolute atomic E-state index is 0.380. The lowest BCUT2D eigenvalue weighted by Crippen LogP contribution is -1.94. The molecule has 5 nitrogen and oxygen atoms in total. The van der Waals surface area contributed by atoms with E-state index in [-0.39, 0.29) is 0 Å². The van der Waals surface area contributed by atoms with E-state index in [1.807, 2.05) is 0 Å². The van der Waals surface area contributed by atoms with Gasteiger partial charge < -0.3 is 10.1 Å². The van der Waals surface area contributed by atoms with Crippen LogP contribution in [0.15, 0.2) is 24.3 Å². The zero-order valence-corrected chi connectivity index (χ0v) is 9.99. The summed E-state index contributed by atoms with van der Waals surface area (Å²) in [5.41, 5.74) is 0.616. The number of aromatic nitrogens is 2. The van der Waals surface area contributed by atoms with Gasteiger partial charge in [-0.05, 0) is 24.3 Å². The van der Waals surface area contributed by atoms with Crippen molar-refractivity contribution < 1.29 is 4.74 Å². The van der Waals surface area contributed by atoms with E-state index in [1.54, 1.807) is 31.3 Å². The summed E-state index contributed by atoms with van der Waals surface area (Å²) in [6, 6.07) is 9.01. The van der Waals surface area contributed by atoms with Crippen molar-refractivity contribution in [2.24, 2.45) is 0 Å². The maximum atomic E-state index is 8.65. The van der Waals surface area contributed by atoms with E-state index in [1.165, 1.54) is 11.3 Å². The van der Waals surface area contributed by atoms with Crippen molar-refractivity contribution in [1.82, 2.24) is 10.2 Å². The quantitative estimate of drug-likeness (QED) is 0.893. The van der Waals surface area contributed by atoms with Gasteiger partial charge in [-0.15, -0.1) is 10.2 Å². The summed E-state index contributed by atoms with van der Waals surface area (Å²) in [6.07, 6.45) is 0. The summed E-state index contributed by atoms with van der Waals surface area (Å²) in [5.74, 6) is 0.713. The van der Waals surface area contributed by atoms with Crippen molar-refractivity contribution in [2.75, 3.05) is 12.4 Å². The molecule has 0 saturated carbocycles. The van der Waals surface area contributed by atoms with Gasteiger partial charge in [0.25, 0.3) is 0 Å². The minimum Gasteiger partial charge on any atom is -0.486 e. The summed E-state index contributed by atoms with van der Waals surface area (Å²) in [6.45, 7) is 0.380. The van der Waals surface area contributed by atoms with Crippen molar-refractivity contribution in [2.45, 2.75) is 6.61 Å². The second-order valence-electron chi connectivity index (χ2n) is 3.18. The highest BCUT2D eigenvalue weighted by Gasteiger charge is 2.03. The maximum Gasteiger partial charge on any atom is 0.205 e. The van der Waals surface area contributed by atoms with E-state index < -0.39 is 0 Å². The molecule has 0 aliphatic heterocycles. The van der Waals surface area contributed by atoms with E-state index in [0.29, 0.717) is 17.9 Å². The van der Waals surface area contributed by atoms with Gasteiger partial charge in [-0.2, -0.15) is 5.26 Å². The van der Waals surface area contributed by atoms with Gasteiger partial charge in [-0.25, -0.2) is 0 Å². The molecule has 0 spiro atoms. The maximum absolute atomic E-state index is 8.65. The third kappa shape index (κ3) is 2.92. The van der Waals surface area contributed by atoms with Crippen LogP contribution in [0, 0.1) is 11.3 Å². The van der Waals surface area contributed by atoms with Gasteiger partial charge in [0.1, 0.15) is 12.4 Å². The van der Waals surface area contributed by atoms with E-state index in [0.717, 1.165) is 10.1 Å². The molecule has 0 radical (unpaired) electrons. The molecular weight excluding hydrogens is 236 g/mol. The monoisotopic (exact) mass is 246 g/mol. The smallest absolute Gasteiger partial charge is 0.205 e. The van der Waals surface area contributed by atoms with E-state index in [9.17, 15) is 0 Å². The van der Waals surface area contributed by atoms with Crippen LogP contribution in [0.1, 0.15) is 10.6 Å². The van der Waals surface area contributed by atoms with E-state index >= 15 is 0 Å². The topological polar surface area (TPSA) is 70.8 Å². The Kier molecular flexibility index (Phi) is 3.52. The van der Waals surface area contributed by atoms with Crippen LogP contribution in [-0.2, 0) is 6.61 Å². The number of ether oxygens (including phenoxy) is 1. The highest BCUT2D eigenvalue weighted by atomic mass is 32.1. The Morgan fingerprint density at radius 1 is 1.35 bits per heavy atom. The molecular formula is C11H10N4OS. The van der Waals surface area contributed by atoms with Gasteiger partial charge in [0.2, 0.25) is 5.13 Å². The predicted octanol–water partition coefficient (Wildman–Crippen LogP) is 2.03. The molecule has 1 aromatic heterocycles. The van der Waals surface area contributed by atoms with Crippen LogP contribution in [0.3, 0.4) is 0 Å². The first-order valence-electron chi connectivity index (χ1n) is 4.95. The van der Waals surface area contributed by atoms with Crippen LogP contribution in [0.5, 0.6) is 5.75 Å². The number of benzene rings is 1. The van der Waals surface area contributed by atoms with Crippen molar-refractivity contribution in [1.29, 1.82) is 5.26 Å². The van der Waals surface area contributed by atoms with E-state index in [4.69, 9.17) is 10.00 Å². The number of hydrogen-bond donors (Lipinski definition) is 1. The Morgan fingerprint density at radius 3 is 2.71 bits per heavy atom. The zero-order valence-electron chi connectivity index (χ0n) is 9.17. The summed E-state index contributed by atoms with van der Waals surface area (Å²) in [5, 5.41) is 21.0. The van der Waals surface area contributed by atoms with Crippen LogP contribution >= 0.6 is 11.3 Å². The summed E-state index contributed by atoms with van der Waals surface area (Å²) >= 11 is 1.45. The predicted molar refractivity (Wildman–Crippen MR) is 64.9 cm³/mol. The van der Waals surface area contributed by atoms with Crippen molar-refractivity contribution in [3.63, 3.8) is 0 Å². The molecule has 1 aromatic carbocycles. The average Bonchev–Trinajstić information content (AvgIpc) is 2.85. The molecule has 0 saturated heterocycles. The fourth-order valence-corrected chi connectivity index (χ4v) is 1.79.